The summed E-state index contributed by atoms with van der Waals surface area (Å²) in [5.74, 6) is 0.892. The number of hydrogen-bond donors (Lipinski definition) is 3. The summed E-state index contributed by atoms with van der Waals surface area (Å²) in [5, 5.41) is 9.02. The first-order chi connectivity index (χ1) is 13.7. The standard InChI is InChI=1S/C21H24ClN3O3S/c1-21(2,3)28-20(27)23-13-8-9-18-14(12-13)16(10-11-29-18)24-19(26)25-17-7-5-4-6-15(17)22/h4-9,12,16H,10-11H2,1-3H3,(H,23,27)(H2,24,25,26)/t16-/m0/s1. The molecule has 3 rings (SSSR count). The highest BCUT2D eigenvalue weighted by Crippen LogP contribution is 2.37. The van der Waals surface area contributed by atoms with E-state index in [1.807, 2.05) is 45.0 Å². The maximum Gasteiger partial charge on any atom is 0.412 e. The van der Waals surface area contributed by atoms with Gasteiger partial charge < -0.3 is 15.4 Å². The largest absolute Gasteiger partial charge is 0.444 e. The quantitative estimate of drug-likeness (QED) is 0.550. The van der Waals surface area contributed by atoms with Gasteiger partial charge in [-0.3, -0.25) is 5.32 Å². The van der Waals surface area contributed by atoms with Crippen LogP contribution in [0.2, 0.25) is 5.02 Å². The number of urea groups is 1. The van der Waals surface area contributed by atoms with Crippen LogP contribution >= 0.6 is 23.4 Å². The summed E-state index contributed by atoms with van der Waals surface area (Å²) in [7, 11) is 0. The van der Waals surface area contributed by atoms with Crippen LogP contribution in [0.25, 0.3) is 0 Å². The van der Waals surface area contributed by atoms with Crippen molar-refractivity contribution in [3.8, 4) is 0 Å². The zero-order chi connectivity index (χ0) is 21.0. The molecule has 2 aromatic rings. The van der Waals surface area contributed by atoms with Gasteiger partial charge in [0.05, 0.1) is 16.8 Å². The van der Waals surface area contributed by atoms with Crippen molar-refractivity contribution < 1.29 is 14.3 Å². The van der Waals surface area contributed by atoms with Crippen LogP contribution in [0.1, 0.15) is 38.8 Å². The lowest BCUT2D eigenvalue weighted by molar-refractivity contribution is 0.0636. The number of amides is 3. The van der Waals surface area contributed by atoms with Gasteiger partial charge in [-0.05, 0) is 63.1 Å². The third kappa shape index (κ3) is 6.05. The fourth-order valence-corrected chi connectivity index (χ4v) is 4.21. The van der Waals surface area contributed by atoms with Crippen LogP contribution in [-0.2, 0) is 4.74 Å². The van der Waals surface area contributed by atoms with Crippen molar-refractivity contribution in [3.63, 3.8) is 0 Å². The van der Waals surface area contributed by atoms with E-state index in [0.717, 1.165) is 22.6 Å². The summed E-state index contributed by atoms with van der Waals surface area (Å²) in [6, 6.07) is 12.2. The molecule has 0 fully saturated rings. The van der Waals surface area contributed by atoms with Crippen LogP contribution in [0, 0.1) is 0 Å². The molecule has 1 heterocycles. The van der Waals surface area contributed by atoms with Crippen LogP contribution in [0.15, 0.2) is 47.4 Å². The van der Waals surface area contributed by atoms with E-state index in [2.05, 4.69) is 16.0 Å². The van der Waals surface area contributed by atoms with Gasteiger partial charge in [-0.15, -0.1) is 11.8 Å². The maximum absolute atomic E-state index is 12.5. The Kier molecular flexibility index (Phi) is 6.59. The van der Waals surface area contributed by atoms with E-state index in [-0.39, 0.29) is 12.1 Å². The first kappa shape index (κ1) is 21.3. The molecular formula is C21H24ClN3O3S. The molecule has 3 N–H and O–H groups in total. The first-order valence-electron chi connectivity index (χ1n) is 9.30. The van der Waals surface area contributed by atoms with Crippen LogP contribution in [0.4, 0.5) is 21.0 Å². The lowest BCUT2D eigenvalue weighted by Gasteiger charge is -2.27. The van der Waals surface area contributed by atoms with E-state index in [1.165, 1.54) is 0 Å². The fraction of sp³-hybridized carbons (Fsp3) is 0.333. The number of nitrogens with one attached hydrogen (secondary N) is 3. The molecule has 0 unspecified atom stereocenters. The Labute approximate surface area is 179 Å². The van der Waals surface area contributed by atoms with Gasteiger partial charge in [-0.1, -0.05) is 23.7 Å². The second-order valence-corrected chi connectivity index (χ2v) is 9.19. The Morgan fingerprint density at radius 2 is 1.90 bits per heavy atom. The van der Waals surface area contributed by atoms with E-state index >= 15 is 0 Å². The lowest BCUT2D eigenvalue weighted by Crippen LogP contribution is -2.34. The number of halogens is 1. The minimum atomic E-state index is -0.574. The second kappa shape index (κ2) is 8.97. The summed E-state index contributed by atoms with van der Waals surface area (Å²) < 4.78 is 5.31. The Bertz CT molecular complexity index is 914. The van der Waals surface area contributed by atoms with Gasteiger partial charge in [-0.25, -0.2) is 9.59 Å². The van der Waals surface area contributed by atoms with Gasteiger partial charge in [0.25, 0.3) is 0 Å². The summed E-state index contributed by atoms with van der Waals surface area (Å²) in [6.07, 6.45) is 0.269. The highest BCUT2D eigenvalue weighted by atomic mass is 35.5. The highest BCUT2D eigenvalue weighted by molar-refractivity contribution is 7.99. The van der Waals surface area contributed by atoms with E-state index in [1.54, 1.807) is 30.0 Å². The molecule has 0 bridgehead atoms. The van der Waals surface area contributed by atoms with Crippen LogP contribution in [0.5, 0.6) is 0 Å². The van der Waals surface area contributed by atoms with Crippen LogP contribution in [0.3, 0.4) is 0 Å². The zero-order valence-electron chi connectivity index (χ0n) is 16.5. The molecule has 0 aliphatic carbocycles. The van der Waals surface area contributed by atoms with E-state index in [4.69, 9.17) is 16.3 Å². The second-order valence-electron chi connectivity index (χ2n) is 7.65. The number of anilines is 2. The minimum Gasteiger partial charge on any atom is -0.444 e. The van der Waals surface area contributed by atoms with Gasteiger partial charge in [0.1, 0.15) is 5.60 Å². The number of ether oxygens (including phenoxy) is 1. The number of hydrogen-bond acceptors (Lipinski definition) is 4. The topological polar surface area (TPSA) is 79.5 Å². The monoisotopic (exact) mass is 433 g/mol. The van der Waals surface area contributed by atoms with Crippen molar-refractivity contribution in [1.29, 1.82) is 0 Å². The van der Waals surface area contributed by atoms with Crippen LogP contribution < -0.4 is 16.0 Å². The summed E-state index contributed by atoms with van der Waals surface area (Å²) in [4.78, 5) is 25.6. The molecule has 8 heteroatoms. The zero-order valence-corrected chi connectivity index (χ0v) is 18.1. The van der Waals surface area contributed by atoms with Crippen molar-refractivity contribution in [2.24, 2.45) is 0 Å². The number of carbonyl (C=O) groups is 2. The Morgan fingerprint density at radius 3 is 2.62 bits per heavy atom. The highest BCUT2D eigenvalue weighted by Gasteiger charge is 2.24. The van der Waals surface area contributed by atoms with Gasteiger partial charge in [0, 0.05) is 16.3 Å². The number of benzene rings is 2. The van der Waals surface area contributed by atoms with Crippen LogP contribution in [-0.4, -0.2) is 23.5 Å². The summed E-state index contributed by atoms with van der Waals surface area (Å²) in [6.45, 7) is 5.44. The molecule has 1 atom stereocenters. The van der Waals surface area contributed by atoms with Gasteiger partial charge in [-0.2, -0.15) is 0 Å². The molecule has 1 aliphatic rings. The van der Waals surface area contributed by atoms with Gasteiger partial charge >= 0.3 is 12.1 Å². The molecule has 0 radical (unpaired) electrons. The van der Waals surface area contributed by atoms with Gasteiger partial charge in [0.2, 0.25) is 0 Å². The average Bonchev–Trinajstić information content (AvgIpc) is 2.62. The number of fused-ring (bicyclic) bond motifs is 1. The fourth-order valence-electron chi connectivity index (χ4n) is 2.92. The van der Waals surface area contributed by atoms with E-state index in [9.17, 15) is 9.59 Å². The maximum atomic E-state index is 12.5. The molecule has 0 aromatic heterocycles. The molecule has 6 nitrogen and oxygen atoms in total. The predicted molar refractivity (Wildman–Crippen MR) is 118 cm³/mol. The molecule has 3 amide bonds. The lowest BCUT2D eigenvalue weighted by atomic mass is 10.0. The van der Waals surface area contributed by atoms with E-state index < -0.39 is 11.7 Å². The predicted octanol–water partition coefficient (Wildman–Crippen LogP) is 6.05. The average molecular weight is 434 g/mol. The first-order valence-corrected chi connectivity index (χ1v) is 10.7. The Hall–Kier alpha value is -2.38. The number of rotatable bonds is 3. The normalized spacial score (nSPS) is 15.8. The van der Waals surface area contributed by atoms with Gasteiger partial charge in [0.15, 0.2) is 0 Å². The number of para-hydroxylation sites is 1. The Balaban J connectivity index is 1.71. The summed E-state index contributed by atoms with van der Waals surface area (Å²) >= 11 is 7.84. The molecule has 2 aromatic carbocycles. The van der Waals surface area contributed by atoms with Crippen molar-refractivity contribution in [3.05, 3.63) is 53.1 Å². The third-order valence-electron chi connectivity index (χ3n) is 4.12. The van der Waals surface area contributed by atoms with Crippen molar-refractivity contribution in [2.75, 3.05) is 16.4 Å². The summed E-state index contributed by atoms with van der Waals surface area (Å²) in [5.41, 5.74) is 1.56. The number of carbonyl (C=O) groups excluding carboxylic acids is 2. The van der Waals surface area contributed by atoms with Crippen molar-refractivity contribution in [2.45, 2.75) is 43.7 Å². The molecule has 1 aliphatic heterocycles. The third-order valence-corrected chi connectivity index (χ3v) is 5.57. The molecule has 0 saturated carbocycles. The molecule has 0 saturated heterocycles. The Morgan fingerprint density at radius 1 is 1.14 bits per heavy atom. The van der Waals surface area contributed by atoms with E-state index in [0.29, 0.717) is 16.4 Å². The number of thioether (sulfide) groups is 1. The molecule has 154 valence electrons. The SMILES string of the molecule is CC(C)(C)OC(=O)Nc1ccc2c(c1)[C@@H](NC(=O)Nc1ccccc1Cl)CCS2. The molecule has 0 spiro atoms. The molecule has 29 heavy (non-hydrogen) atoms. The smallest absolute Gasteiger partial charge is 0.412 e. The van der Waals surface area contributed by atoms with Crippen molar-refractivity contribution in [1.82, 2.24) is 5.32 Å². The van der Waals surface area contributed by atoms with Crippen molar-refractivity contribution >= 4 is 46.9 Å². The molecular weight excluding hydrogens is 410 g/mol. The minimum absolute atomic E-state index is 0.172.